The fourth-order valence-electron chi connectivity index (χ4n) is 3.21. The van der Waals surface area contributed by atoms with Crippen molar-refractivity contribution in [1.29, 1.82) is 0 Å². The van der Waals surface area contributed by atoms with Gasteiger partial charge < -0.3 is 10.1 Å². The van der Waals surface area contributed by atoms with Gasteiger partial charge in [-0.1, -0.05) is 6.07 Å². The number of nitrogens with two attached hydrogens (primary N) is 1. The molecule has 0 bridgehead atoms. The third kappa shape index (κ3) is 4.55. The molecule has 1 aromatic heterocycles. The van der Waals surface area contributed by atoms with Crippen LogP contribution in [0.5, 0.6) is 0 Å². The quantitative estimate of drug-likeness (QED) is 0.805. The number of nitrogens with one attached hydrogen (secondary N) is 1. The van der Waals surface area contributed by atoms with E-state index < -0.39 is 10.0 Å². The number of rotatable bonds is 5. The van der Waals surface area contributed by atoms with Gasteiger partial charge in [0.25, 0.3) is 5.91 Å². The first kappa shape index (κ1) is 19.5. The van der Waals surface area contributed by atoms with E-state index in [4.69, 9.17) is 9.88 Å². The molecule has 1 aliphatic rings. The highest BCUT2D eigenvalue weighted by atomic mass is 32.2. The van der Waals surface area contributed by atoms with E-state index in [2.05, 4.69) is 10.4 Å². The van der Waals surface area contributed by atoms with Crippen LogP contribution in [0.1, 0.15) is 34.6 Å². The molecule has 0 saturated carbocycles. The van der Waals surface area contributed by atoms with Crippen molar-refractivity contribution in [2.24, 2.45) is 11.1 Å². The lowest BCUT2D eigenvalue weighted by atomic mass is 10.0. The largest absolute Gasteiger partial charge is 0.381 e. The van der Waals surface area contributed by atoms with Crippen LogP contribution in [0, 0.1) is 19.8 Å². The number of carbonyl (C=O) groups is 1. The van der Waals surface area contributed by atoms with Gasteiger partial charge in [0.15, 0.2) is 0 Å². The molecular weight excluding hydrogens is 368 g/mol. The summed E-state index contributed by atoms with van der Waals surface area (Å²) in [5.41, 5.74) is 2.45. The molecule has 8 nitrogen and oxygen atoms in total. The molecule has 1 aliphatic heterocycles. The summed E-state index contributed by atoms with van der Waals surface area (Å²) in [7, 11) is -3.84. The van der Waals surface area contributed by atoms with Crippen LogP contribution in [0.15, 0.2) is 29.2 Å². The van der Waals surface area contributed by atoms with E-state index in [1.807, 2.05) is 13.8 Å². The smallest absolute Gasteiger partial charge is 0.274 e. The molecule has 2 aromatic rings. The maximum absolute atomic E-state index is 12.9. The molecule has 9 heteroatoms. The van der Waals surface area contributed by atoms with Crippen LogP contribution in [0.25, 0.3) is 0 Å². The molecule has 0 radical (unpaired) electrons. The summed E-state index contributed by atoms with van der Waals surface area (Å²) < 4.78 is 30.2. The summed E-state index contributed by atoms with van der Waals surface area (Å²) in [6, 6.07) is 5.88. The standard InChI is InChI=1S/C18H24N4O4S/c1-12-13(2)21-22(11-14-6-8-26-9-7-14)17(12)18(23)20-15-4-3-5-16(10-15)27(19,24)25/h3-5,10,14H,6-9,11H2,1-2H3,(H,20,23)(H2,19,24,25). The van der Waals surface area contributed by atoms with Crippen molar-refractivity contribution in [3.05, 3.63) is 41.2 Å². The Kier molecular flexibility index (Phi) is 5.64. The highest BCUT2D eigenvalue weighted by Crippen LogP contribution is 2.22. The summed E-state index contributed by atoms with van der Waals surface area (Å²) in [4.78, 5) is 12.8. The zero-order valence-electron chi connectivity index (χ0n) is 15.4. The molecule has 1 aromatic carbocycles. The SMILES string of the molecule is Cc1nn(CC2CCOCC2)c(C(=O)Nc2cccc(S(N)(=O)=O)c2)c1C. The highest BCUT2D eigenvalue weighted by Gasteiger charge is 2.23. The minimum absolute atomic E-state index is 0.0519. The Morgan fingerprint density at radius 3 is 2.70 bits per heavy atom. The van der Waals surface area contributed by atoms with Gasteiger partial charge in [0.1, 0.15) is 5.69 Å². The number of ether oxygens (including phenoxy) is 1. The predicted molar refractivity (Wildman–Crippen MR) is 101 cm³/mol. The summed E-state index contributed by atoms with van der Waals surface area (Å²) in [6.45, 7) is 5.84. The first-order chi connectivity index (χ1) is 12.8. The molecule has 2 heterocycles. The fraction of sp³-hybridized carbons (Fsp3) is 0.444. The van der Waals surface area contributed by atoms with Crippen LogP contribution in [-0.4, -0.2) is 37.3 Å². The van der Waals surface area contributed by atoms with Gasteiger partial charge in [-0.05, 0) is 50.8 Å². The van der Waals surface area contributed by atoms with Crippen molar-refractivity contribution in [3.63, 3.8) is 0 Å². The number of primary sulfonamides is 1. The second kappa shape index (κ2) is 7.79. The van der Waals surface area contributed by atoms with Gasteiger partial charge in [0.2, 0.25) is 10.0 Å². The van der Waals surface area contributed by atoms with Crippen LogP contribution in [-0.2, 0) is 21.3 Å². The number of hydrogen-bond donors (Lipinski definition) is 2. The number of benzene rings is 1. The lowest BCUT2D eigenvalue weighted by Gasteiger charge is -2.22. The zero-order chi connectivity index (χ0) is 19.6. The number of amides is 1. The van der Waals surface area contributed by atoms with Gasteiger partial charge in [0, 0.05) is 31.0 Å². The lowest BCUT2D eigenvalue weighted by Crippen LogP contribution is -2.25. The maximum atomic E-state index is 12.9. The molecule has 1 fully saturated rings. The van der Waals surface area contributed by atoms with Crippen molar-refractivity contribution in [2.45, 2.75) is 38.1 Å². The lowest BCUT2D eigenvalue weighted by molar-refractivity contribution is 0.0597. The molecule has 0 atom stereocenters. The van der Waals surface area contributed by atoms with E-state index in [-0.39, 0.29) is 10.8 Å². The minimum atomic E-state index is -3.84. The van der Waals surface area contributed by atoms with Gasteiger partial charge in [-0.15, -0.1) is 0 Å². The number of anilines is 1. The van der Waals surface area contributed by atoms with Gasteiger partial charge >= 0.3 is 0 Å². The number of carbonyl (C=O) groups excluding carboxylic acids is 1. The average Bonchev–Trinajstić information content (AvgIpc) is 2.89. The minimum Gasteiger partial charge on any atom is -0.381 e. The van der Waals surface area contributed by atoms with Gasteiger partial charge in [-0.3, -0.25) is 9.48 Å². The Labute approximate surface area is 158 Å². The first-order valence-corrected chi connectivity index (χ1v) is 10.4. The normalized spacial score (nSPS) is 15.7. The summed E-state index contributed by atoms with van der Waals surface area (Å²) in [5, 5.41) is 12.4. The van der Waals surface area contributed by atoms with E-state index in [0.29, 0.717) is 23.8 Å². The van der Waals surface area contributed by atoms with Crippen LogP contribution >= 0.6 is 0 Å². The van der Waals surface area contributed by atoms with Crippen molar-refractivity contribution in [3.8, 4) is 0 Å². The molecule has 1 saturated heterocycles. The molecular formula is C18H24N4O4S. The number of hydrogen-bond acceptors (Lipinski definition) is 5. The van der Waals surface area contributed by atoms with Gasteiger partial charge in [-0.2, -0.15) is 5.10 Å². The number of aromatic nitrogens is 2. The van der Waals surface area contributed by atoms with Crippen molar-refractivity contribution in [1.82, 2.24) is 9.78 Å². The van der Waals surface area contributed by atoms with E-state index in [0.717, 1.165) is 37.3 Å². The Hall–Kier alpha value is -2.23. The molecule has 0 spiro atoms. The summed E-state index contributed by atoms with van der Waals surface area (Å²) in [5.74, 6) is 0.0847. The fourth-order valence-corrected chi connectivity index (χ4v) is 3.76. The number of sulfonamides is 1. The monoisotopic (exact) mass is 392 g/mol. The number of aryl methyl sites for hydroxylation is 1. The molecule has 27 heavy (non-hydrogen) atoms. The third-order valence-corrected chi connectivity index (χ3v) is 5.75. The van der Waals surface area contributed by atoms with E-state index in [1.54, 1.807) is 10.7 Å². The van der Waals surface area contributed by atoms with Crippen molar-refractivity contribution < 1.29 is 17.9 Å². The summed E-state index contributed by atoms with van der Waals surface area (Å²) >= 11 is 0. The number of nitrogens with zero attached hydrogens (tertiary/aromatic N) is 2. The zero-order valence-corrected chi connectivity index (χ0v) is 16.3. The van der Waals surface area contributed by atoms with Crippen LogP contribution in [0.3, 0.4) is 0 Å². The molecule has 0 aliphatic carbocycles. The second-order valence-corrected chi connectivity index (χ2v) is 8.39. The molecule has 3 N–H and O–H groups in total. The first-order valence-electron chi connectivity index (χ1n) is 8.81. The van der Waals surface area contributed by atoms with E-state index in [9.17, 15) is 13.2 Å². The van der Waals surface area contributed by atoms with Crippen molar-refractivity contribution >= 4 is 21.6 Å². The van der Waals surface area contributed by atoms with E-state index in [1.165, 1.54) is 18.2 Å². The Morgan fingerprint density at radius 2 is 2.04 bits per heavy atom. The average molecular weight is 392 g/mol. The maximum Gasteiger partial charge on any atom is 0.274 e. The van der Waals surface area contributed by atoms with Crippen molar-refractivity contribution in [2.75, 3.05) is 18.5 Å². The topological polar surface area (TPSA) is 116 Å². The molecule has 0 unspecified atom stereocenters. The highest BCUT2D eigenvalue weighted by molar-refractivity contribution is 7.89. The van der Waals surface area contributed by atoms with Gasteiger partial charge in [-0.25, -0.2) is 13.6 Å². The molecule has 3 rings (SSSR count). The van der Waals surface area contributed by atoms with E-state index >= 15 is 0 Å². The Balaban J connectivity index is 1.84. The Morgan fingerprint density at radius 1 is 1.33 bits per heavy atom. The Bertz CT molecular complexity index is 946. The second-order valence-electron chi connectivity index (χ2n) is 6.82. The van der Waals surface area contributed by atoms with Crippen LogP contribution in [0.4, 0.5) is 5.69 Å². The predicted octanol–water partition coefficient (Wildman–Crippen LogP) is 1.83. The van der Waals surface area contributed by atoms with Gasteiger partial charge in [0.05, 0.1) is 10.6 Å². The van der Waals surface area contributed by atoms with Crippen LogP contribution < -0.4 is 10.5 Å². The third-order valence-electron chi connectivity index (χ3n) is 4.83. The van der Waals surface area contributed by atoms with Crippen LogP contribution in [0.2, 0.25) is 0 Å². The summed E-state index contributed by atoms with van der Waals surface area (Å²) in [6.07, 6.45) is 1.88. The molecule has 146 valence electrons. The molecule has 1 amide bonds.